The molecule has 8 N–H and O–H groups in total. The lowest BCUT2D eigenvalue weighted by atomic mass is 10.0. The first-order valence-electron chi connectivity index (χ1n) is 41.5. The number of likely N-dealkylation sites (tertiary alicyclic amines) is 1. The van der Waals surface area contributed by atoms with Crippen molar-refractivity contribution in [3.63, 3.8) is 0 Å². The predicted molar refractivity (Wildman–Crippen MR) is 493 cm³/mol. The van der Waals surface area contributed by atoms with E-state index in [-0.39, 0.29) is 104 Å². The molecule has 0 bridgehead atoms. The summed E-state index contributed by atoms with van der Waals surface area (Å²) in [6.07, 6.45) is 8.81. The van der Waals surface area contributed by atoms with Crippen LogP contribution in [0.15, 0.2) is 294 Å². The molecule has 1 amide bonds. The molecule has 0 aromatic heterocycles. The van der Waals surface area contributed by atoms with Gasteiger partial charge < -0.3 is 59.3 Å². The van der Waals surface area contributed by atoms with Crippen LogP contribution in [0.25, 0.3) is 0 Å². The number of oxime groups is 2. The number of benzene rings is 9. The van der Waals surface area contributed by atoms with Crippen LogP contribution in [-0.2, 0) is 145 Å². The smallest absolute Gasteiger partial charge is 0.329 e. The highest BCUT2D eigenvalue weighted by molar-refractivity contribution is 8.04. The van der Waals surface area contributed by atoms with E-state index < -0.39 is 28.1 Å². The number of esters is 5. The van der Waals surface area contributed by atoms with Crippen molar-refractivity contribution in [3.8, 4) is 0 Å². The molecule has 29 heteroatoms. The van der Waals surface area contributed by atoms with Crippen LogP contribution in [0.4, 0.5) is 0 Å². The molecule has 9 aromatic carbocycles. The van der Waals surface area contributed by atoms with Crippen LogP contribution in [0.2, 0.25) is 0 Å². The summed E-state index contributed by atoms with van der Waals surface area (Å²) < 4.78 is 38.2. The Hall–Kier alpha value is -11.3. The number of amides is 1. The third-order valence-electron chi connectivity index (χ3n) is 19.4. The van der Waals surface area contributed by atoms with Gasteiger partial charge in [0.25, 0.3) is 0 Å². The van der Waals surface area contributed by atoms with Crippen molar-refractivity contribution < 1.29 is 81.1 Å². The van der Waals surface area contributed by atoms with Crippen molar-refractivity contribution in [2.75, 3.05) is 52.6 Å². The summed E-state index contributed by atoms with van der Waals surface area (Å²) in [4.78, 5) is 93.8. The minimum absolute atomic E-state index is 0. The number of alkyl halides is 1. The molecule has 0 aliphatic carbocycles. The Morgan fingerprint density at radius 2 is 0.857 bits per heavy atom. The first-order valence-corrected chi connectivity index (χ1v) is 44.4. The molecule has 0 unspecified atom stereocenters. The number of piperidine rings is 2. The molecule has 126 heavy (non-hydrogen) atoms. The fraction of sp³-hybridized carbons (Fsp3) is 0.340. The van der Waals surface area contributed by atoms with Gasteiger partial charge in [-0.1, -0.05) is 283 Å². The first kappa shape index (κ1) is 103. The minimum Gasteiger partial charge on any atom is -0.508 e. The lowest BCUT2D eigenvalue weighted by Gasteiger charge is -2.28. The summed E-state index contributed by atoms with van der Waals surface area (Å²) >= 11 is 5.95. The number of carbonyl (C=O) groups excluding carboxylic acids is 6. The molecule has 3 aliphatic heterocycles. The van der Waals surface area contributed by atoms with Crippen LogP contribution < -0.4 is 32.6 Å². The molecule has 3 saturated heterocycles. The van der Waals surface area contributed by atoms with Crippen molar-refractivity contribution in [2.24, 2.45) is 16.2 Å². The highest BCUT2D eigenvalue weighted by Gasteiger charge is 2.35. The number of hydroxylamine groups is 1. The maximum Gasteiger partial charge on any atom is 0.329 e. The second-order valence-electron chi connectivity index (χ2n) is 29.6. The number of nitrogens with two attached hydrogens (primary N) is 1. The third-order valence-corrected chi connectivity index (χ3v) is 20.5. The second kappa shape index (κ2) is 61.1. The molecular weight excluding hydrogens is 1670 g/mol. The van der Waals surface area contributed by atoms with Crippen molar-refractivity contribution in [1.82, 2.24) is 31.6 Å². The highest BCUT2D eigenvalue weighted by atomic mass is 35.5. The van der Waals surface area contributed by atoms with Gasteiger partial charge in [0.2, 0.25) is 5.91 Å². The highest BCUT2D eigenvalue weighted by Crippen LogP contribution is 2.20. The fourth-order valence-corrected chi connectivity index (χ4v) is 13.3. The lowest BCUT2D eigenvalue weighted by molar-refractivity contribution is -0.152. The van der Waals surface area contributed by atoms with Gasteiger partial charge in [0.05, 0.1) is 30.5 Å². The number of halogens is 2. The number of hydrogen-bond acceptors (Lipinski definition) is 25. The normalized spacial score (nSPS) is 16.1. The number of aliphatic hydroxyl groups is 1. The average molecular weight is 1790 g/mol. The zero-order valence-corrected chi connectivity index (χ0v) is 74.6. The Kier molecular flexibility index (Phi) is 50.2. The van der Waals surface area contributed by atoms with Crippen molar-refractivity contribution in [2.45, 2.75) is 160 Å². The average Bonchev–Trinajstić information content (AvgIpc) is 1.68. The molecule has 0 radical (unpaired) electrons. The van der Waals surface area contributed by atoms with Gasteiger partial charge >= 0.3 is 29.8 Å². The molecule has 0 spiro atoms. The summed E-state index contributed by atoms with van der Waals surface area (Å²) in [5.74, 6) is 3.78. The van der Waals surface area contributed by atoms with Gasteiger partial charge in [-0.15, -0.1) is 28.2 Å². The fourth-order valence-electron chi connectivity index (χ4n) is 12.3. The molecule has 3 aliphatic rings. The van der Waals surface area contributed by atoms with Gasteiger partial charge in [0.1, 0.15) is 105 Å². The summed E-state index contributed by atoms with van der Waals surface area (Å²) in [5.41, 5.74) is 13.8. The number of likely N-dealkylation sites (N-methyl/N-ethyl adjacent to an activating group) is 3. The van der Waals surface area contributed by atoms with E-state index in [2.05, 4.69) is 41.9 Å². The summed E-state index contributed by atoms with van der Waals surface area (Å²) in [6.45, 7) is 4.44. The predicted octanol–water partition coefficient (Wildman–Crippen LogP) is 14.6. The number of aliphatic hydroxyl groups excluding tert-OH is 1. The topological polar surface area (TPSA) is 337 Å². The quantitative estimate of drug-likeness (QED) is 0.00362. The van der Waals surface area contributed by atoms with Crippen molar-refractivity contribution in [1.29, 1.82) is 0 Å². The van der Waals surface area contributed by atoms with E-state index in [1.54, 1.807) is 33.7 Å². The number of allylic oxidation sites excluding steroid dienone is 1. The second-order valence-corrected chi connectivity index (χ2v) is 32.7. The van der Waals surface area contributed by atoms with Crippen LogP contribution in [0.3, 0.4) is 0 Å². The van der Waals surface area contributed by atoms with Gasteiger partial charge in [-0.2, -0.15) is 5.48 Å². The number of ether oxygens (including phenoxy) is 5. The third kappa shape index (κ3) is 43.1. The molecule has 12 rings (SSSR count). The Bertz CT molecular complexity index is 4660. The molecule has 9 aromatic rings. The van der Waals surface area contributed by atoms with Gasteiger partial charge in [-0.25, -0.2) is 10.7 Å². The molecular formula is C97H120Cl2N9O17S+. The van der Waals surface area contributed by atoms with Gasteiger partial charge in [-0.05, 0) is 116 Å². The first-order chi connectivity index (χ1) is 60.8. The maximum absolute atomic E-state index is 12.3. The number of rotatable bonds is 37. The largest absolute Gasteiger partial charge is 0.508 e. The van der Waals surface area contributed by atoms with Crippen LogP contribution in [0, 0.1) is 0 Å². The molecule has 26 nitrogen and oxygen atoms in total. The van der Waals surface area contributed by atoms with Gasteiger partial charge in [0.15, 0.2) is 5.41 Å². The lowest BCUT2D eigenvalue weighted by Crippen LogP contribution is -2.51. The Balaban J connectivity index is 0.000000238. The number of carbonyl (C=O) groups is 6. The Labute approximate surface area is 752 Å². The SMILES string of the molecule is CN1C(=O)CC[C@H]1C(=O)OCc1ccccc1.CN[C@@H](CC/C(O)=C/[S+](C)(C)=O)C(=O)OCc1ccccc1.CN[C@@H](CCC(CCl)=NOCc1ccccc1)C(=O)OCc1ccccc1.Cl.NOCc1ccccc1.O=C(OCc1ccccc1)[C@@H]1CCC(=NOCc2ccccc2)CN1.O=C(OCc1ccccc1)[C@@H]1CC[C@@H](NOCc2ccccc2)CN1. The Morgan fingerprint density at radius 1 is 0.492 bits per heavy atom. The number of nitrogens with one attached hydrogen (secondary N) is 5. The van der Waals surface area contributed by atoms with E-state index in [0.29, 0.717) is 97.0 Å². The standard InChI is InChI=1S/C21H25ClN2O3.C20H24N2O3.C20H22N2O3.C16H23NO4S.C13H15NO3.C7H9NO.ClH/c1-23-20(21(25)26-15-17-8-4-2-5-9-17)13-12-19(14-22)24-27-16-18-10-6-3-7-11-18;2*23-20(24-14-16-7-3-1-4-8-16)19-12-11-18(13-21-19)22-25-15-17-9-5-2-6-10-17;1-17-15(10-9-14(18)12-22(2,3)20)16(19)21-11-13-7-5-4-6-8-13;1-14-11(7-8-12(14)15)13(16)17-9-10-5-3-2-4-6-10;8-9-6-7-4-2-1-3-5-7;/h2-11,20,23H,12-16H2,1H3;1-10,18-19,21-22H,11-15H2;1-10,19,21H,11-15H2;4-8,12,15,17H,9-11H2,1-3H3;2-6,11H,7-9H2,1H3;1-5H,6,8H2;1H/p+1/t20-;18-,19+;19-;15-;11-;;/m01000../s1. The summed E-state index contributed by atoms with van der Waals surface area (Å²) in [5, 5.41) is 31.6. The van der Waals surface area contributed by atoms with Gasteiger partial charge in [-0.3, -0.25) is 39.0 Å². The van der Waals surface area contributed by atoms with Crippen LogP contribution in [0.5, 0.6) is 0 Å². The van der Waals surface area contributed by atoms with Crippen LogP contribution >= 0.6 is 24.0 Å². The summed E-state index contributed by atoms with van der Waals surface area (Å²) in [7, 11) is 2.90. The van der Waals surface area contributed by atoms with E-state index in [0.717, 1.165) is 75.0 Å². The molecule has 3 fully saturated rings. The van der Waals surface area contributed by atoms with Crippen LogP contribution in [0.1, 0.15) is 114 Å². The monoisotopic (exact) mass is 1780 g/mol. The molecule has 674 valence electrons. The van der Waals surface area contributed by atoms with E-state index >= 15 is 0 Å². The van der Waals surface area contributed by atoms with E-state index in [9.17, 15) is 38.1 Å². The zero-order valence-electron chi connectivity index (χ0n) is 72.2. The summed E-state index contributed by atoms with van der Waals surface area (Å²) in [6, 6.07) is 85.8. The van der Waals surface area contributed by atoms with Gasteiger partial charge in [0, 0.05) is 39.0 Å². The molecule has 0 saturated carbocycles. The van der Waals surface area contributed by atoms with Crippen molar-refractivity contribution in [3.05, 3.63) is 334 Å². The van der Waals surface area contributed by atoms with E-state index in [1.165, 1.54) is 10.3 Å². The molecule has 3 heterocycles. The minimum atomic E-state index is -2.14. The van der Waals surface area contributed by atoms with E-state index in [1.807, 2.05) is 273 Å². The number of nitrogens with zero attached hydrogens (tertiary/aromatic N) is 3. The zero-order chi connectivity index (χ0) is 89.3. The van der Waals surface area contributed by atoms with Crippen molar-refractivity contribution >= 4 is 81.1 Å². The number of hydrogen-bond donors (Lipinski definition) is 7. The Morgan fingerprint density at radius 3 is 1.21 bits per heavy atom. The van der Waals surface area contributed by atoms with E-state index in [4.69, 9.17) is 55.7 Å². The maximum atomic E-state index is 12.3. The molecule has 6 atom stereocenters. The van der Waals surface area contributed by atoms with Crippen LogP contribution in [-0.4, -0.2) is 146 Å².